The fourth-order valence-corrected chi connectivity index (χ4v) is 4.34. The molecule has 3 aromatic rings. The van der Waals surface area contributed by atoms with Gasteiger partial charge in [0.25, 0.3) is 5.89 Å². The fraction of sp³-hybridized carbons (Fsp3) is 0.500. The Hall–Kier alpha value is -2.17. The first-order chi connectivity index (χ1) is 16.2. The zero-order valence-corrected chi connectivity index (χ0v) is 20.9. The normalized spacial score (nSPS) is 12.2. The Morgan fingerprint density at radius 3 is 2.48 bits per heavy atom. The van der Waals surface area contributed by atoms with Crippen molar-refractivity contribution in [2.24, 2.45) is 0 Å². The third-order valence-corrected chi connectivity index (χ3v) is 6.45. The summed E-state index contributed by atoms with van der Waals surface area (Å²) in [6, 6.07) is 16.4. The SMILES string of the molecule is CCCCCCCCC(CC)c1noc(-c2ccc(CNCCc3cccc(Cl)c3)cc2)n1. The average molecular weight is 468 g/mol. The van der Waals surface area contributed by atoms with Crippen LogP contribution in [0.1, 0.15) is 88.1 Å². The van der Waals surface area contributed by atoms with Gasteiger partial charge in [-0.15, -0.1) is 0 Å². The Labute approximate surface area is 204 Å². The van der Waals surface area contributed by atoms with Crippen LogP contribution in [0.3, 0.4) is 0 Å². The number of benzene rings is 2. The van der Waals surface area contributed by atoms with Crippen LogP contribution < -0.4 is 5.32 Å². The van der Waals surface area contributed by atoms with E-state index in [1.807, 2.05) is 18.2 Å². The van der Waals surface area contributed by atoms with E-state index >= 15 is 0 Å². The Balaban J connectivity index is 1.44. The maximum absolute atomic E-state index is 6.05. The van der Waals surface area contributed by atoms with Crippen LogP contribution in [0, 0.1) is 0 Å². The molecule has 0 aliphatic heterocycles. The van der Waals surface area contributed by atoms with E-state index < -0.39 is 0 Å². The van der Waals surface area contributed by atoms with Gasteiger partial charge < -0.3 is 9.84 Å². The lowest BCUT2D eigenvalue weighted by atomic mass is 9.97. The molecule has 1 atom stereocenters. The fourth-order valence-electron chi connectivity index (χ4n) is 4.13. The lowest BCUT2D eigenvalue weighted by molar-refractivity contribution is 0.408. The molecule has 1 heterocycles. The van der Waals surface area contributed by atoms with Gasteiger partial charge in [-0.05, 0) is 61.2 Å². The predicted molar refractivity (Wildman–Crippen MR) is 138 cm³/mol. The highest BCUT2D eigenvalue weighted by Crippen LogP contribution is 2.26. The Bertz CT molecular complexity index is 938. The summed E-state index contributed by atoms with van der Waals surface area (Å²) in [4.78, 5) is 4.72. The van der Waals surface area contributed by atoms with Crippen molar-refractivity contribution in [3.05, 3.63) is 70.5 Å². The second kappa shape index (κ2) is 14.2. The molecule has 178 valence electrons. The molecule has 4 nitrogen and oxygen atoms in total. The topological polar surface area (TPSA) is 51.0 Å². The summed E-state index contributed by atoms with van der Waals surface area (Å²) in [6.45, 7) is 6.21. The maximum atomic E-state index is 6.05. The molecule has 1 aromatic heterocycles. The first-order valence-electron chi connectivity index (χ1n) is 12.6. The zero-order chi connectivity index (χ0) is 23.3. The summed E-state index contributed by atoms with van der Waals surface area (Å²) in [5.41, 5.74) is 3.46. The lowest BCUT2D eigenvalue weighted by Crippen LogP contribution is -2.16. The van der Waals surface area contributed by atoms with Gasteiger partial charge in [-0.2, -0.15) is 4.98 Å². The number of nitrogens with one attached hydrogen (secondary N) is 1. The molecule has 0 bridgehead atoms. The number of aromatic nitrogens is 2. The van der Waals surface area contributed by atoms with Gasteiger partial charge in [0.15, 0.2) is 5.82 Å². The van der Waals surface area contributed by atoms with Crippen molar-refractivity contribution in [1.82, 2.24) is 15.5 Å². The van der Waals surface area contributed by atoms with Crippen molar-refractivity contribution in [2.45, 2.75) is 84.1 Å². The van der Waals surface area contributed by atoms with Gasteiger partial charge in [0.2, 0.25) is 0 Å². The van der Waals surface area contributed by atoms with Crippen molar-refractivity contribution in [2.75, 3.05) is 6.54 Å². The predicted octanol–water partition coefficient (Wildman–Crippen LogP) is 7.97. The van der Waals surface area contributed by atoms with Crippen molar-refractivity contribution >= 4 is 11.6 Å². The van der Waals surface area contributed by atoms with Crippen LogP contribution >= 0.6 is 11.6 Å². The van der Waals surface area contributed by atoms with Gasteiger partial charge in [0, 0.05) is 23.0 Å². The standard InChI is InChI=1S/C28H38ClN3O/c1-3-5-6-7-8-9-12-24(4-2)27-31-28(33-32-27)25-16-14-23(15-17-25)21-30-19-18-22-11-10-13-26(29)20-22/h10-11,13-17,20,24,30H,3-9,12,18-19,21H2,1-2H3. The molecule has 5 heteroatoms. The molecule has 1 unspecified atom stereocenters. The molecule has 0 amide bonds. The average Bonchev–Trinajstić information content (AvgIpc) is 3.32. The van der Waals surface area contributed by atoms with Gasteiger partial charge in [-0.3, -0.25) is 0 Å². The molecule has 0 saturated heterocycles. The smallest absolute Gasteiger partial charge is 0.257 e. The van der Waals surface area contributed by atoms with Gasteiger partial charge in [0.05, 0.1) is 0 Å². The molecule has 0 saturated carbocycles. The summed E-state index contributed by atoms with van der Waals surface area (Å²) in [7, 11) is 0. The summed E-state index contributed by atoms with van der Waals surface area (Å²) in [6.07, 6.45) is 11.0. The molecular weight excluding hydrogens is 430 g/mol. The summed E-state index contributed by atoms with van der Waals surface area (Å²) < 4.78 is 5.60. The minimum Gasteiger partial charge on any atom is -0.334 e. The maximum Gasteiger partial charge on any atom is 0.257 e. The molecule has 3 rings (SSSR count). The van der Waals surface area contributed by atoms with Crippen LogP contribution in [0.2, 0.25) is 5.02 Å². The molecule has 0 radical (unpaired) electrons. The van der Waals surface area contributed by atoms with E-state index in [1.165, 1.54) is 49.7 Å². The number of hydrogen-bond acceptors (Lipinski definition) is 4. The largest absolute Gasteiger partial charge is 0.334 e. The monoisotopic (exact) mass is 467 g/mol. The molecule has 0 spiro atoms. The highest BCUT2D eigenvalue weighted by molar-refractivity contribution is 6.30. The number of hydrogen-bond donors (Lipinski definition) is 1. The van der Waals surface area contributed by atoms with Crippen LogP contribution in [-0.4, -0.2) is 16.7 Å². The molecule has 0 fully saturated rings. The minimum atomic E-state index is 0.386. The third-order valence-electron chi connectivity index (χ3n) is 6.22. The van der Waals surface area contributed by atoms with E-state index in [0.717, 1.165) is 48.8 Å². The van der Waals surface area contributed by atoms with Crippen LogP contribution in [0.5, 0.6) is 0 Å². The number of rotatable bonds is 15. The van der Waals surface area contributed by atoms with Crippen molar-refractivity contribution in [3.63, 3.8) is 0 Å². The number of halogens is 1. The molecule has 1 N–H and O–H groups in total. The molecule has 33 heavy (non-hydrogen) atoms. The zero-order valence-electron chi connectivity index (χ0n) is 20.2. The summed E-state index contributed by atoms with van der Waals surface area (Å²) >= 11 is 6.05. The Morgan fingerprint density at radius 2 is 1.73 bits per heavy atom. The second-order valence-corrected chi connectivity index (χ2v) is 9.31. The van der Waals surface area contributed by atoms with E-state index in [2.05, 4.69) is 54.7 Å². The second-order valence-electron chi connectivity index (χ2n) is 8.87. The first kappa shape index (κ1) is 25.5. The summed E-state index contributed by atoms with van der Waals surface area (Å²) in [5.74, 6) is 1.86. The quantitative estimate of drug-likeness (QED) is 0.230. The lowest BCUT2D eigenvalue weighted by Gasteiger charge is -2.09. The highest BCUT2D eigenvalue weighted by Gasteiger charge is 2.17. The van der Waals surface area contributed by atoms with Gasteiger partial charge in [-0.1, -0.05) is 93.4 Å². The van der Waals surface area contributed by atoms with Crippen LogP contribution in [0.4, 0.5) is 0 Å². The van der Waals surface area contributed by atoms with Crippen molar-refractivity contribution in [3.8, 4) is 11.5 Å². The van der Waals surface area contributed by atoms with Crippen molar-refractivity contribution < 1.29 is 4.52 Å². The van der Waals surface area contributed by atoms with Gasteiger partial charge in [-0.25, -0.2) is 0 Å². The van der Waals surface area contributed by atoms with Crippen LogP contribution in [-0.2, 0) is 13.0 Å². The van der Waals surface area contributed by atoms with E-state index in [-0.39, 0.29) is 0 Å². The van der Waals surface area contributed by atoms with E-state index in [1.54, 1.807) is 0 Å². The van der Waals surface area contributed by atoms with Gasteiger partial charge in [0.1, 0.15) is 0 Å². The van der Waals surface area contributed by atoms with Crippen LogP contribution in [0.15, 0.2) is 53.1 Å². The van der Waals surface area contributed by atoms with Crippen molar-refractivity contribution in [1.29, 1.82) is 0 Å². The molecule has 0 aliphatic rings. The van der Waals surface area contributed by atoms with Gasteiger partial charge >= 0.3 is 0 Å². The van der Waals surface area contributed by atoms with E-state index in [0.29, 0.717) is 11.8 Å². The Kier molecular flexibility index (Phi) is 10.9. The highest BCUT2D eigenvalue weighted by atomic mass is 35.5. The van der Waals surface area contributed by atoms with E-state index in [4.69, 9.17) is 21.1 Å². The van der Waals surface area contributed by atoms with E-state index in [9.17, 15) is 0 Å². The number of nitrogens with zero attached hydrogens (tertiary/aromatic N) is 2. The minimum absolute atomic E-state index is 0.386. The summed E-state index contributed by atoms with van der Waals surface area (Å²) in [5, 5.41) is 8.59. The number of unbranched alkanes of at least 4 members (excludes halogenated alkanes) is 5. The first-order valence-corrected chi connectivity index (χ1v) is 13.0. The molecule has 0 aliphatic carbocycles. The Morgan fingerprint density at radius 1 is 0.939 bits per heavy atom. The molecular formula is C28H38ClN3O. The molecule has 2 aromatic carbocycles. The third kappa shape index (κ3) is 8.60. The van der Waals surface area contributed by atoms with Crippen LogP contribution in [0.25, 0.3) is 11.5 Å².